The van der Waals surface area contributed by atoms with E-state index in [9.17, 15) is 33.6 Å². The Morgan fingerprint density at radius 3 is 1.93 bits per heavy atom. The highest BCUT2D eigenvalue weighted by atomic mass is 16.7. The predicted molar refractivity (Wildman–Crippen MR) is 298 cm³/mol. The fourth-order valence-electron chi connectivity index (χ4n) is 8.37. The van der Waals surface area contributed by atoms with Gasteiger partial charge in [0, 0.05) is 5.56 Å². The number of nitrogens with one attached hydrogen (secondary N) is 3. The number of rotatable bonds is 35. The predicted octanol–water partition coefficient (Wildman–Crippen LogP) is 8.94. The van der Waals surface area contributed by atoms with E-state index in [0.29, 0.717) is 62.6 Å². The van der Waals surface area contributed by atoms with E-state index < -0.39 is 60.1 Å². The Kier molecular flexibility index (Phi) is 25.5. The van der Waals surface area contributed by atoms with Gasteiger partial charge in [0.2, 0.25) is 12.3 Å². The van der Waals surface area contributed by atoms with E-state index in [2.05, 4.69) is 16.0 Å². The van der Waals surface area contributed by atoms with E-state index in [1.807, 2.05) is 49.4 Å². The standard InChI is InChI=1S/C62H70N4O15/c1-4-7-11-24-50(53(5-2)66(43-67)81-61(72)47-25-28-49(29-26-47)77-36-35-74-33-34-75-39-44-18-12-8-13-19-44)58(69)63-42-64-60(71)55-32-31-54(80-55)48-27-30-51(56(37-48)76-6-3)59(70)65-52(62(73)79-41-46-22-16-10-17-23-46)38-57(68)78-40-45-20-14-9-15-21-45/h8-10,12-23,25-32,37,43,50,52-53H,4-7,11,24,33-36,38-42H2,1-3H3,(H,63,69)(H,64,71)(H,65,70)/t50-,52+,53-/m1/s1. The molecule has 1 heterocycles. The number of hydrogen-bond acceptors (Lipinski definition) is 15. The number of nitrogens with zero attached hydrogens (tertiary/aromatic N) is 1. The number of hydrogen-bond donors (Lipinski definition) is 3. The van der Waals surface area contributed by atoms with Crippen molar-refractivity contribution in [1.29, 1.82) is 0 Å². The van der Waals surface area contributed by atoms with Crippen LogP contribution in [0.5, 0.6) is 11.5 Å². The van der Waals surface area contributed by atoms with Gasteiger partial charge < -0.3 is 53.6 Å². The molecule has 0 saturated carbocycles. The summed E-state index contributed by atoms with van der Waals surface area (Å²) in [6.45, 7) is 7.19. The lowest BCUT2D eigenvalue weighted by molar-refractivity contribution is -0.171. The Morgan fingerprint density at radius 1 is 0.642 bits per heavy atom. The van der Waals surface area contributed by atoms with Crippen LogP contribution in [-0.2, 0) is 62.8 Å². The molecule has 0 spiro atoms. The van der Waals surface area contributed by atoms with Crippen molar-refractivity contribution in [3.8, 4) is 22.8 Å². The van der Waals surface area contributed by atoms with Crippen molar-refractivity contribution in [3.63, 3.8) is 0 Å². The lowest BCUT2D eigenvalue weighted by Gasteiger charge is -2.31. The molecule has 1 aromatic heterocycles. The molecular formula is C62H70N4O15. The van der Waals surface area contributed by atoms with Crippen molar-refractivity contribution in [1.82, 2.24) is 21.0 Å². The Labute approximate surface area is 471 Å². The second kappa shape index (κ2) is 33.6. The number of amides is 4. The number of unbranched alkanes of at least 4 members (excludes halogenated alkanes) is 2. The van der Waals surface area contributed by atoms with E-state index in [4.69, 9.17) is 37.7 Å². The molecule has 428 valence electrons. The van der Waals surface area contributed by atoms with Crippen molar-refractivity contribution in [2.45, 2.75) is 91.2 Å². The molecule has 0 aliphatic heterocycles. The smallest absolute Gasteiger partial charge is 0.363 e. The zero-order valence-corrected chi connectivity index (χ0v) is 45.8. The molecule has 6 aromatic rings. The molecule has 6 rings (SSSR count). The molecular weight excluding hydrogens is 1040 g/mol. The summed E-state index contributed by atoms with van der Waals surface area (Å²) in [6.07, 6.45) is 2.82. The van der Waals surface area contributed by atoms with Crippen LogP contribution in [0.2, 0.25) is 0 Å². The van der Waals surface area contributed by atoms with Crippen LogP contribution in [0.15, 0.2) is 150 Å². The minimum Gasteiger partial charge on any atom is -0.493 e. The normalized spacial score (nSPS) is 11.9. The average Bonchev–Trinajstić information content (AvgIpc) is 4.15. The number of esters is 2. The van der Waals surface area contributed by atoms with Crippen LogP contribution in [0.1, 0.15) is 107 Å². The summed E-state index contributed by atoms with van der Waals surface area (Å²) in [5.74, 6) is -4.29. The molecule has 0 bridgehead atoms. The van der Waals surface area contributed by atoms with Gasteiger partial charge in [0.25, 0.3) is 11.8 Å². The van der Waals surface area contributed by atoms with Gasteiger partial charge in [-0.25, -0.2) is 9.59 Å². The van der Waals surface area contributed by atoms with Crippen LogP contribution in [0.25, 0.3) is 11.3 Å². The van der Waals surface area contributed by atoms with E-state index in [-0.39, 0.29) is 67.9 Å². The molecule has 0 saturated heterocycles. The highest BCUT2D eigenvalue weighted by molar-refractivity contribution is 6.00. The summed E-state index contributed by atoms with van der Waals surface area (Å²) in [4.78, 5) is 98.9. The molecule has 0 unspecified atom stereocenters. The van der Waals surface area contributed by atoms with Crippen LogP contribution in [-0.4, -0.2) is 98.9 Å². The SMILES string of the molecule is CCCCC[C@@H](C(=O)NCNC(=O)c1ccc(-c2ccc(C(=O)N[C@@H](CC(=O)OCc3ccccc3)C(=O)OCc3ccccc3)c(OCC)c2)o1)[C@@H](CC)N(C=O)OC(=O)c1ccc(OCCOCCOCc2ccccc2)cc1. The minimum absolute atomic E-state index is 0.0344. The molecule has 0 aliphatic carbocycles. The van der Waals surface area contributed by atoms with Gasteiger partial charge in [0.1, 0.15) is 43.1 Å². The summed E-state index contributed by atoms with van der Waals surface area (Å²) in [6, 6.07) is 39.3. The first-order valence-corrected chi connectivity index (χ1v) is 27.0. The molecule has 0 radical (unpaired) electrons. The highest BCUT2D eigenvalue weighted by Crippen LogP contribution is 2.30. The third-order valence-electron chi connectivity index (χ3n) is 12.6. The van der Waals surface area contributed by atoms with Gasteiger partial charge in [0.15, 0.2) is 5.76 Å². The Balaban J connectivity index is 1.01. The molecule has 0 fully saturated rings. The molecule has 19 nitrogen and oxygen atoms in total. The van der Waals surface area contributed by atoms with Crippen LogP contribution in [0, 0.1) is 5.92 Å². The van der Waals surface area contributed by atoms with Gasteiger partial charge in [-0.05, 0) is 85.0 Å². The summed E-state index contributed by atoms with van der Waals surface area (Å²) >= 11 is 0. The number of furan rings is 1. The Morgan fingerprint density at radius 2 is 1.28 bits per heavy atom. The maximum absolute atomic E-state index is 13.9. The van der Waals surface area contributed by atoms with Crippen LogP contribution < -0.4 is 25.4 Å². The average molecular weight is 1110 g/mol. The fourth-order valence-corrected chi connectivity index (χ4v) is 8.37. The molecule has 19 heteroatoms. The maximum atomic E-state index is 13.9. The second-order valence-electron chi connectivity index (χ2n) is 18.4. The molecule has 3 atom stereocenters. The van der Waals surface area contributed by atoms with Crippen molar-refractivity contribution in [2.24, 2.45) is 5.92 Å². The van der Waals surface area contributed by atoms with E-state index >= 15 is 0 Å². The number of benzene rings is 5. The fraction of sp³-hybridized carbons (Fsp3) is 0.339. The van der Waals surface area contributed by atoms with Crippen LogP contribution in [0.4, 0.5) is 0 Å². The minimum atomic E-state index is -1.41. The highest BCUT2D eigenvalue weighted by Gasteiger charge is 2.34. The lowest BCUT2D eigenvalue weighted by Crippen LogP contribution is -2.49. The summed E-state index contributed by atoms with van der Waals surface area (Å²) in [5.41, 5.74) is 3.16. The maximum Gasteiger partial charge on any atom is 0.363 e. The largest absolute Gasteiger partial charge is 0.493 e. The van der Waals surface area contributed by atoms with E-state index in [1.165, 1.54) is 30.3 Å². The lowest BCUT2D eigenvalue weighted by atomic mass is 9.90. The van der Waals surface area contributed by atoms with Gasteiger partial charge in [-0.2, -0.15) is 5.06 Å². The van der Waals surface area contributed by atoms with Gasteiger partial charge in [-0.3, -0.25) is 24.0 Å². The van der Waals surface area contributed by atoms with Crippen molar-refractivity contribution in [3.05, 3.63) is 179 Å². The Hall–Kier alpha value is -8.81. The van der Waals surface area contributed by atoms with Crippen LogP contribution in [0.3, 0.4) is 0 Å². The summed E-state index contributed by atoms with van der Waals surface area (Å²) in [5, 5.41) is 8.86. The molecule has 3 N–H and O–H groups in total. The van der Waals surface area contributed by atoms with Crippen molar-refractivity contribution < 1.29 is 71.2 Å². The Bertz CT molecular complexity index is 2920. The first kappa shape index (κ1) is 61.4. The van der Waals surface area contributed by atoms with Gasteiger partial charge >= 0.3 is 17.9 Å². The van der Waals surface area contributed by atoms with E-state index in [1.54, 1.807) is 86.6 Å². The summed E-state index contributed by atoms with van der Waals surface area (Å²) < 4.78 is 39.7. The number of carbonyl (C=O) groups excluding carboxylic acids is 7. The number of hydroxylamine groups is 2. The van der Waals surface area contributed by atoms with Crippen LogP contribution >= 0.6 is 0 Å². The molecule has 0 aliphatic rings. The third-order valence-corrected chi connectivity index (χ3v) is 12.6. The van der Waals surface area contributed by atoms with E-state index in [0.717, 1.165) is 29.0 Å². The molecule has 81 heavy (non-hydrogen) atoms. The number of carbonyl (C=O) groups is 7. The molecule has 4 amide bonds. The first-order valence-electron chi connectivity index (χ1n) is 27.0. The van der Waals surface area contributed by atoms with Gasteiger partial charge in [-0.1, -0.05) is 130 Å². The quantitative estimate of drug-likeness (QED) is 0.0111. The zero-order valence-electron chi connectivity index (χ0n) is 45.8. The topological polar surface area (TPSA) is 237 Å². The third kappa shape index (κ3) is 20.1. The zero-order chi connectivity index (χ0) is 57.6. The monoisotopic (exact) mass is 1110 g/mol. The number of ether oxygens (including phenoxy) is 6. The second-order valence-corrected chi connectivity index (χ2v) is 18.4. The van der Waals surface area contributed by atoms with Gasteiger partial charge in [-0.15, -0.1) is 0 Å². The van der Waals surface area contributed by atoms with Crippen molar-refractivity contribution in [2.75, 3.05) is 39.7 Å². The van der Waals surface area contributed by atoms with Crippen molar-refractivity contribution >= 4 is 42.0 Å². The first-order chi connectivity index (χ1) is 39.5. The van der Waals surface area contributed by atoms with Gasteiger partial charge in [0.05, 0.1) is 69.2 Å². The summed E-state index contributed by atoms with van der Waals surface area (Å²) in [7, 11) is 0. The molecule has 5 aromatic carbocycles.